The summed E-state index contributed by atoms with van der Waals surface area (Å²) < 4.78 is 31.8. The molecule has 1 aliphatic rings. The summed E-state index contributed by atoms with van der Waals surface area (Å²) in [5.41, 5.74) is 1.71. The van der Waals surface area contributed by atoms with Crippen molar-refractivity contribution in [2.45, 2.75) is 10.6 Å². The molecule has 8 heteroatoms. The van der Waals surface area contributed by atoms with Crippen molar-refractivity contribution in [2.75, 3.05) is 38.6 Å². The van der Waals surface area contributed by atoms with Gasteiger partial charge in [0.15, 0.2) is 0 Å². The molecule has 0 bridgehead atoms. The first-order chi connectivity index (χ1) is 13.6. The predicted molar refractivity (Wildman–Crippen MR) is 111 cm³/mol. The molecular weight excluding hydrogens is 396 g/mol. The zero-order valence-corrected chi connectivity index (χ0v) is 17.2. The lowest BCUT2D eigenvalue weighted by atomic mass is 10.2. The van der Waals surface area contributed by atoms with Gasteiger partial charge in [-0.3, -0.25) is 4.79 Å². The van der Waals surface area contributed by atoms with Gasteiger partial charge in [-0.15, -0.1) is 0 Å². The fourth-order valence-corrected chi connectivity index (χ4v) is 5.04. The third-order valence-corrected chi connectivity index (χ3v) is 7.31. The van der Waals surface area contributed by atoms with E-state index in [-0.39, 0.29) is 10.8 Å². The second-order valence-electron chi connectivity index (χ2n) is 6.33. The fourth-order valence-electron chi connectivity index (χ4n) is 2.82. The van der Waals surface area contributed by atoms with Crippen molar-refractivity contribution in [3.63, 3.8) is 0 Å². The van der Waals surface area contributed by atoms with Crippen molar-refractivity contribution >= 4 is 27.7 Å². The van der Waals surface area contributed by atoms with Gasteiger partial charge in [0.2, 0.25) is 10.0 Å². The lowest BCUT2D eigenvalue weighted by molar-refractivity contribution is 0.0730. The normalized spacial score (nSPS) is 15.3. The number of morpholine rings is 1. The minimum Gasteiger partial charge on any atom is -0.379 e. The zero-order chi connectivity index (χ0) is 19.8. The number of benzene rings is 2. The Kier molecular flexibility index (Phi) is 7.50. The number of nitrogens with one attached hydrogen (secondary N) is 1. The Morgan fingerprint density at radius 2 is 1.71 bits per heavy atom. The van der Waals surface area contributed by atoms with Gasteiger partial charge < -0.3 is 10.1 Å². The monoisotopic (exact) mass is 420 g/mol. The number of hydrogen-bond donors (Lipinski definition) is 1. The lowest BCUT2D eigenvalue weighted by Gasteiger charge is -2.26. The fraction of sp³-hybridized carbons (Fsp3) is 0.350. The third kappa shape index (κ3) is 5.57. The van der Waals surface area contributed by atoms with Crippen LogP contribution < -0.4 is 5.32 Å². The van der Waals surface area contributed by atoms with Crippen LogP contribution in [0.2, 0.25) is 0 Å². The molecule has 1 saturated heterocycles. The average molecular weight is 421 g/mol. The van der Waals surface area contributed by atoms with Crippen LogP contribution in [0.3, 0.4) is 0 Å². The van der Waals surface area contributed by atoms with Crippen molar-refractivity contribution in [3.05, 3.63) is 65.7 Å². The minimum atomic E-state index is -3.54. The van der Waals surface area contributed by atoms with Gasteiger partial charge in [0.05, 0.1) is 18.1 Å². The summed E-state index contributed by atoms with van der Waals surface area (Å²) in [6, 6.07) is 16.3. The van der Waals surface area contributed by atoms with Crippen LogP contribution in [0.25, 0.3) is 0 Å². The number of carbonyl (C=O) groups excluding carboxylic acids is 1. The Labute approximate surface area is 170 Å². The van der Waals surface area contributed by atoms with E-state index in [0.717, 1.165) is 11.5 Å². The molecular formula is C20H24N2O4S2. The van der Waals surface area contributed by atoms with Crippen LogP contribution in [0.15, 0.2) is 59.5 Å². The number of nitrogens with zero attached hydrogens (tertiary/aromatic N) is 1. The number of rotatable bonds is 8. The van der Waals surface area contributed by atoms with Gasteiger partial charge in [-0.05, 0) is 29.8 Å². The molecule has 0 spiro atoms. The highest BCUT2D eigenvalue weighted by molar-refractivity contribution is 7.98. The van der Waals surface area contributed by atoms with E-state index in [4.69, 9.17) is 4.74 Å². The number of ether oxygens (including phenoxy) is 1. The van der Waals surface area contributed by atoms with E-state index >= 15 is 0 Å². The molecule has 0 saturated carbocycles. The maximum atomic E-state index is 12.6. The van der Waals surface area contributed by atoms with Crippen molar-refractivity contribution < 1.29 is 17.9 Å². The standard InChI is InChI=1S/C20H24N2O4S2/c23-20(21-10-15-27-16-17-4-2-1-3-5-17)18-6-8-19(9-7-18)28(24,25)22-11-13-26-14-12-22/h1-9H,10-16H2,(H,21,23). The summed E-state index contributed by atoms with van der Waals surface area (Å²) in [6.45, 7) is 2.07. The van der Waals surface area contributed by atoms with Crippen molar-refractivity contribution in [3.8, 4) is 0 Å². The first-order valence-corrected chi connectivity index (χ1v) is 11.7. The first kappa shape index (κ1) is 20.9. The van der Waals surface area contributed by atoms with Crippen molar-refractivity contribution in [1.29, 1.82) is 0 Å². The first-order valence-electron chi connectivity index (χ1n) is 9.15. The summed E-state index contributed by atoms with van der Waals surface area (Å²) in [4.78, 5) is 12.4. The topological polar surface area (TPSA) is 75.7 Å². The highest BCUT2D eigenvalue weighted by Gasteiger charge is 2.26. The number of sulfonamides is 1. The summed E-state index contributed by atoms with van der Waals surface area (Å²) in [5.74, 6) is 1.52. The lowest BCUT2D eigenvalue weighted by Crippen LogP contribution is -2.40. The molecule has 1 amide bonds. The molecule has 150 valence electrons. The maximum Gasteiger partial charge on any atom is 0.251 e. The Bertz CT molecular complexity index is 865. The molecule has 2 aromatic carbocycles. The number of hydrogen-bond acceptors (Lipinski definition) is 5. The van der Waals surface area contributed by atoms with Gasteiger partial charge in [0.25, 0.3) is 5.91 Å². The molecule has 28 heavy (non-hydrogen) atoms. The molecule has 6 nitrogen and oxygen atoms in total. The van der Waals surface area contributed by atoms with E-state index in [2.05, 4.69) is 17.4 Å². The van der Waals surface area contributed by atoms with Gasteiger partial charge >= 0.3 is 0 Å². The molecule has 2 aromatic rings. The van der Waals surface area contributed by atoms with E-state index in [1.165, 1.54) is 22.0 Å². The van der Waals surface area contributed by atoms with E-state index in [9.17, 15) is 13.2 Å². The van der Waals surface area contributed by atoms with Gasteiger partial charge in [0, 0.05) is 36.7 Å². The molecule has 0 aromatic heterocycles. The average Bonchev–Trinajstić information content (AvgIpc) is 2.75. The predicted octanol–water partition coefficient (Wildman–Crippen LogP) is 2.37. The quantitative estimate of drug-likeness (QED) is 0.664. The Morgan fingerprint density at radius 3 is 2.39 bits per heavy atom. The van der Waals surface area contributed by atoms with Gasteiger partial charge in [-0.2, -0.15) is 16.1 Å². The van der Waals surface area contributed by atoms with Gasteiger partial charge in [-0.1, -0.05) is 30.3 Å². The molecule has 0 aliphatic carbocycles. The highest BCUT2D eigenvalue weighted by Crippen LogP contribution is 2.18. The summed E-state index contributed by atoms with van der Waals surface area (Å²) >= 11 is 1.76. The molecule has 1 heterocycles. The Hall–Kier alpha value is -1.87. The third-order valence-electron chi connectivity index (χ3n) is 4.37. The maximum absolute atomic E-state index is 12.6. The van der Waals surface area contributed by atoms with Crippen LogP contribution in [-0.2, 0) is 20.5 Å². The number of amides is 1. The molecule has 1 fully saturated rings. The van der Waals surface area contributed by atoms with Crippen LogP contribution >= 0.6 is 11.8 Å². The van der Waals surface area contributed by atoms with Crippen molar-refractivity contribution in [2.24, 2.45) is 0 Å². The Balaban J connectivity index is 1.47. The van der Waals surface area contributed by atoms with E-state index < -0.39 is 10.0 Å². The van der Waals surface area contributed by atoms with E-state index in [1.54, 1.807) is 23.9 Å². The SMILES string of the molecule is O=C(NCCSCc1ccccc1)c1ccc(S(=O)(=O)N2CCOCC2)cc1. The molecule has 0 atom stereocenters. The van der Waals surface area contributed by atoms with Crippen LogP contribution in [0.4, 0.5) is 0 Å². The second-order valence-corrected chi connectivity index (χ2v) is 9.38. The molecule has 0 unspecified atom stereocenters. The largest absolute Gasteiger partial charge is 0.379 e. The van der Waals surface area contributed by atoms with E-state index in [1.807, 2.05) is 18.2 Å². The van der Waals surface area contributed by atoms with Crippen LogP contribution in [0.5, 0.6) is 0 Å². The minimum absolute atomic E-state index is 0.198. The van der Waals surface area contributed by atoms with Crippen LogP contribution in [-0.4, -0.2) is 57.2 Å². The van der Waals surface area contributed by atoms with Crippen LogP contribution in [0, 0.1) is 0 Å². The Morgan fingerprint density at radius 1 is 1.04 bits per heavy atom. The summed E-state index contributed by atoms with van der Waals surface area (Å²) in [5, 5.41) is 2.87. The van der Waals surface area contributed by atoms with Gasteiger partial charge in [-0.25, -0.2) is 8.42 Å². The molecule has 1 aliphatic heterocycles. The highest BCUT2D eigenvalue weighted by atomic mass is 32.2. The van der Waals surface area contributed by atoms with E-state index in [0.29, 0.717) is 38.4 Å². The van der Waals surface area contributed by atoms with Crippen LogP contribution in [0.1, 0.15) is 15.9 Å². The molecule has 1 N–H and O–H groups in total. The van der Waals surface area contributed by atoms with Crippen molar-refractivity contribution in [1.82, 2.24) is 9.62 Å². The van der Waals surface area contributed by atoms with Gasteiger partial charge in [0.1, 0.15) is 0 Å². The number of thioether (sulfide) groups is 1. The molecule has 0 radical (unpaired) electrons. The number of carbonyl (C=O) groups is 1. The zero-order valence-electron chi connectivity index (χ0n) is 15.5. The smallest absolute Gasteiger partial charge is 0.251 e. The summed E-state index contributed by atoms with van der Waals surface area (Å²) in [6.07, 6.45) is 0. The summed E-state index contributed by atoms with van der Waals surface area (Å²) in [7, 11) is -3.54. The second kappa shape index (κ2) is 10.1. The molecule has 3 rings (SSSR count).